The van der Waals surface area contributed by atoms with E-state index in [-0.39, 0.29) is 5.91 Å². The third-order valence-electron chi connectivity index (χ3n) is 3.86. The minimum Gasteiger partial charge on any atom is -0.365 e. The van der Waals surface area contributed by atoms with Gasteiger partial charge in [0.25, 0.3) is 5.91 Å². The number of fused-ring (bicyclic) bond motifs is 1. The van der Waals surface area contributed by atoms with Crippen molar-refractivity contribution in [2.24, 2.45) is 0 Å². The third kappa shape index (κ3) is 2.23. The van der Waals surface area contributed by atoms with Crippen LogP contribution in [0.1, 0.15) is 21.6 Å². The molecule has 4 heteroatoms. The van der Waals surface area contributed by atoms with Gasteiger partial charge in [0.05, 0.1) is 5.56 Å². The van der Waals surface area contributed by atoms with Gasteiger partial charge in [-0.15, -0.1) is 0 Å². The van der Waals surface area contributed by atoms with Crippen LogP contribution in [-0.4, -0.2) is 35.9 Å². The summed E-state index contributed by atoms with van der Waals surface area (Å²) in [5.41, 5.74) is 3.91. The molecule has 1 aliphatic rings. The van der Waals surface area contributed by atoms with Crippen molar-refractivity contribution in [3.05, 3.63) is 53.3 Å². The van der Waals surface area contributed by atoms with E-state index >= 15 is 0 Å². The van der Waals surface area contributed by atoms with Gasteiger partial charge in [0, 0.05) is 37.2 Å². The number of carbonyl (C=O) groups is 1. The van der Waals surface area contributed by atoms with Crippen molar-refractivity contribution in [3.8, 4) is 0 Å². The Bertz CT molecular complexity index is 632. The topological polar surface area (TPSA) is 39.3 Å². The van der Waals surface area contributed by atoms with E-state index in [1.807, 2.05) is 42.3 Å². The summed E-state index contributed by atoms with van der Waals surface area (Å²) in [5.74, 6) is 0.0755. The molecule has 1 aromatic carbocycles. The number of hydrogen-bond donors (Lipinski definition) is 1. The number of nitrogens with one attached hydrogen (secondary N) is 1. The van der Waals surface area contributed by atoms with Gasteiger partial charge in [0.2, 0.25) is 0 Å². The molecule has 0 radical (unpaired) electrons. The maximum Gasteiger partial charge on any atom is 0.260 e. The molecule has 1 aliphatic heterocycles. The molecule has 0 spiro atoms. The highest BCUT2D eigenvalue weighted by Crippen LogP contribution is 2.26. The number of aryl methyl sites for hydroxylation is 1. The van der Waals surface area contributed by atoms with Crippen LogP contribution in [0.2, 0.25) is 0 Å². The van der Waals surface area contributed by atoms with Crippen molar-refractivity contribution >= 4 is 11.6 Å². The van der Waals surface area contributed by atoms with Crippen molar-refractivity contribution in [2.75, 3.05) is 25.0 Å². The molecule has 0 atom stereocenters. The molecule has 0 aliphatic carbocycles. The first-order valence-corrected chi connectivity index (χ1v) is 6.89. The summed E-state index contributed by atoms with van der Waals surface area (Å²) in [5, 5.41) is 0. The summed E-state index contributed by atoms with van der Waals surface area (Å²) >= 11 is 0. The Kier molecular flexibility index (Phi) is 3.32. The molecular weight excluding hydrogens is 250 g/mol. The summed E-state index contributed by atoms with van der Waals surface area (Å²) in [7, 11) is 2.09. The number of amides is 1. The number of H-pyrrole nitrogens is 1. The van der Waals surface area contributed by atoms with Crippen LogP contribution < -0.4 is 4.90 Å². The maximum atomic E-state index is 12.8. The Morgan fingerprint density at radius 1 is 1.20 bits per heavy atom. The van der Waals surface area contributed by atoms with Crippen LogP contribution in [0.25, 0.3) is 0 Å². The van der Waals surface area contributed by atoms with E-state index in [1.54, 1.807) is 0 Å². The highest BCUT2D eigenvalue weighted by molar-refractivity contribution is 6.07. The van der Waals surface area contributed by atoms with Gasteiger partial charge in [0.1, 0.15) is 0 Å². The van der Waals surface area contributed by atoms with Crippen molar-refractivity contribution in [3.63, 3.8) is 0 Å². The quantitative estimate of drug-likeness (QED) is 0.863. The molecule has 0 unspecified atom stereocenters. The van der Waals surface area contributed by atoms with Gasteiger partial charge >= 0.3 is 0 Å². The van der Waals surface area contributed by atoms with E-state index in [1.165, 1.54) is 5.56 Å². The Morgan fingerprint density at radius 3 is 2.75 bits per heavy atom. The molecule has 0 saturated heterocycles. The average Bonchev–Trinajstić information content (AvgIpc) is 2.78. The van der Waals surface area contributed by atoms with Gasteiger partial charge < -0.3 is 14.8 Å². The van der Waals surface area contributed by atoms with Crippen LogP contribution in [0.4, 0.5) is 5.69 Å². The van der Waals surface area contributed by atoms with Crippen molar-refractivity contribution in [1.82, 2.24) is 9.88 Å². The summed E-state index contributed by atoms with van der Waals surface area (Å²) in [6.07, 6.45) is 1.82. The van der Waals surface area contributed by atoms with E-state index in [0.29, 0.717) is 0 Å². The molecule has 0 bridgehead atoms. The zero-order chi connectivity index (χ0) is 14.1. The molecule has 1 N–H and O–H groups in total. The highest BCUT2D eigenvalue weighted by Gasteiger charge is 2.24. The van der Waals surface area contributed by atoms with Gasteiger partial charge in [-0.05, 0) is 31.7 Å². The van der Waals surface area contributed by atoms with Crippen molar-refractivity contribution in [2.45, 2.75) is 13.5 Å². The second kappa shape index (κ2) is 5.13. The number of hydrogen-bond acceptors (Lipinski definition) is 2. The van der Waals surface area contributed by atoms with Gasteiger partial charge in [-0.3, -0.25) is 4.79 Å². The van der Waals surface area contributed by atoms with Crippen molar-refractivity contribution in [1.29, 1.82) is 0 Å². The predicted octanol–water partition coefficient (Wildman–Crippen LogP) is 2.42. The number of benzene rings is 1. The summed E-state index contributed by atoms with van der Waals surface area (Å²) < 4.78 is 0. The first-order chi connectivity index (χ1) is 9.66. The Labute approximate surface area is 119 Å². The lowest BCUT2D eigenvalue weighted by Crippen LogP contribution is -2.35. The molecule has 0 saturated carbocycles. The van der Waals surface area contributed by atoms with E-state index < -0.39 is 0 Å². The fraction of sp³-hybridized carbons (Fsp3) is 0.312. The number of rotatable bonds is 1. The van der Waals surface area contributed by atoms with E-state index in [4.69, 9.17) is 0 Å². The second-order valence-corrected chi connectivity index (χ2v) is 5.34. The zero-order valence-electron chi connectivity index (χ0n) is 11.9. The summed E-state index contributed by atoms with van der Waals surface area (Å²) in [6.45, 7) is 4.41. The molecule has 4 nitrogen and oxygen atoms in total. The molecule has 104 valence electrons. The number of aromatic amines is 1. The second-order valence-electron chi connectivity index (χ2n) is 5.34. The minimum atomic E-state index is 0.0755. The van der Waals surface area contributed by atoms with Crippen LogP contribution >= 0.6 is 0 Å². The molecule has 3 rings (SSSR count). The number of likely N-dealkylation sites (N-methyl/N-ethyl adjacent to an activating group) is 1. The molecule has 2 aromatic rings. The first kappa shape index (κ1) is 12.9. The molecule has 1 aromatic heterocycles. The largest absolute Gasteiger partial charge is 0.365 e. The molecular formula is C16H19N3O. The first-order valence-electron chi connectivity index (χ1n) is 6.89. The monoisotopic (exact) mass is 269 g/mol. The van der Waals surface area contributed by atoms with Gasteiger partial charge in [-0.1, -0.05) is 18.2 Å². The fourth-order valence-electron chi connectivity index (χ4n) is 2.71. The summed E-state index contributed by atoms with van der Waals surface area (Å²) in [4.78, 5) is 20.0. The molecule has 0 fully saturated rings. The Morgan fingerprint density at radius 2 is 2.00 bits per heavy atom. The smallest absolute Gasteiger partial charge is 0.260 e. The molecule has 1 amide bonds. The Hall–Kier alpha value is -2.07. The summed E-state index contributed by atoms with van der Waals surface area (Å²) in [6, 6.07) is 10.0. The average molecular weight is 269 g/mol. The SMILES string of the molecule is Cc1[nH]ccc1C(=O)N1CCN(C)Cc2ccccc21. The zero-order valence-corrected chi connectivity index (χ0v) is 11.9. The maximum absolute atomic E-state index is 12.8. The fourth-order valence-corrected chi connectivity index (χ4v) is 2.71. The van der Waals surface area contributed by atoms with E-state index in [0.717, 1.165) is 36.6 Å². The normalized spacial score (nSPS) is 15.8. The van der Waals surface area contributed by atoms with Gasteiger partial charge in [0.15, 0.2) is 0 Å². The lowest BCUT2D eigenvalue weighted by Gasteiger charge is -2.22. The van der Waals surface area contributed by atoms with Crippen LogP contribution in [-0.2, 0) is 6.54 Å². The lowest BCUT2D eigenvalue weighted by molar-refractivity contribution is 0.0985. The predicted molar refractivity (Wildman–Crippen MR) is 80.0 cm³/mol. The number of anilines is 1. The molecule has 20 heavy (non-hydrogen) atoms. The highest BCUT2D eigenvalue weighted by atomic mass is 16.2. The number of carbonyl (C=O) groups excluding carboxylic acids is 1. The lowest BCUT2D eigenvalue weighted by atomic mass is 10.1. The van der Waals surface area contributed by atoms with Gasteiger partial charge in [-0.2, -0.15) is 0 Å². The van der Waals surface area contributed by atoms with Crippen LogP contribution in [0.3, 0.4) is 0 Å². The minimum absolute atomic E-state index is 0.0755. The number of nitrogens with zero attached hydrogens (tertiary/aromatic N) is 2. The number of aromatic nitrogens is 1. The van der Waals surface area contributed by atoms with Gasteiger partial charge in [-0.25, -0.2) is 0 Å². The Balaban J connectivity index is 2.01. The van der Waals surface area contributed by atoms with Crippen LogP contribution in [0.5, 0.6) is 0 Å². The molecule has 2 heterocycles. The van der Waals surface area contributed by atoms with Crippen LogP contribution in [0.15, 0.2) is 36.5 Å². The number of para-hydroxylation sites is 1. The third-order valence-corrected chi connectivity index (χ3v) is 3.86. The van der Waals surface area contributed by atoms with Crippen LogP contribution in [0, 0.1) is 6.92 Å². The standard InChI is InChI=1S/C16H19N3O/c1-12-14(7-8-17-12)16(20)19-10-9-18(2)11-13-5-3-4-6-15(13)19/h3-8,17H,9-11H2,1-2H3. The van der Waals surface area contributed by atoms with E-state index in [9.17, 15) is 4.79 Å². The van der Waals surface area contributed by atoms with Crippen molar-refractivity contribution < 1.29 is 4.79 Å². The van der Waals surface area contributed by atoms with E-state index in [2.05, 4.69) is 23.0 Å².